The van der Waals surface area contributed by atoms with Crippen LogP contribution in [-0.4, -0.2) is 43.5 Å². The van der Waals surface area contributed by atoms with Crippen molar-refractivity contribution in [2.24, 2.45) is 0 Å². The van der Waals surface area contributed by atoms with Gasteiger partial charge in [-0.25, -0.2) is 0 Å². The first kappa shape index (κ1) is 14.0. The van der Waals surface area contributed by atoms with Gasteiger partial charge < -0.3 is 9.47 Å². The highest BCUT2D eigenvalue weighted by atomic mass is 16.2. The third-order valence-corrected chi connectivity index (χ3v) is 4.57. The van der Waals surface area contributed by atoms with E-state index in [0.717, 1.165) is 31.4 Å². The average molecular weight is 309 g/mol. The highest BCUT2D eigenvalue weighted by Crippen LogP contribution is 2.21. The molecule has 4 rings (SSSR count). The maximum absolute atomic E-state index is 12.6. The van der Waals surface area contributed by atoms with Gasteiger partial charge in [-0.2, -0.15) is 15.0 Å². The fourth-order valence-electron chi connectivity index (χ4n) is 3.29. The van der Waals surface area contributed by atoms with Gasteiger partial charge in [0.25, 0.3) is 0 Å². The van der Waals surface area contributed by atoms with Crippen molar-refractivity contribution in [1.82, 2.24) is 24.5 Å². The van der Waals surface area contributed by atoms with Gasteiger partial charge in [0, 0.05) is 24.8 Å². The molecule has 3 heterocycles. The van der Waals surface area contributed by atoms with Crippen molar-refractivity contribution < 1.29 is 4.79 Å². The van der Waals surface area contributed by atoms with E-state index in [4.69, 9.17) is 0 Å². The first-order valence-electron chi connectivity index (χ1n) is 7.99. The molecule has 2 aromatic heterocycles. The molecule has 1 aromatic carbocycles. The summed E-state index contributed by atoms with van der Waals surface area (Å²) in [7, 11) is 0. The first-order valence-corrected chi connectivity index (χ1v) is 7.99. The first-order chi connectivity index (χ1) is 11.3. The minimum atomic E-state index is 0.179. The van der Waals surface area contributed by atoms with Crippen LogP contribution in [0.5, 0.6) is 0 Å². The number of amides is 1. The van der Waals surface area contributed by atoms with Gasteiger partial charge in [0.2, 0.25) is 5.91 Å². The van der Waals surface area contributed by atoms with E-state index in [-0.39, 0.29) is 5.91 Å². The van der Waals surface area contributed by atoms with Crippen LogP contribution in [0.15, 0.2) is 48.9 Å². The van der Waals surface area contributed by atoms with Crippen LogP contribution < -0.4 is 0 Å². The van der Waals surface area contributed by atoms with Crippen molar-refractivity contribution in [1.29, 1.82) is 0 Å². The second kappa shape index (κ2) is 5.87. The number of benzene rings is 1. The molecule has 6 nitrogen and oxygen atoms in total. The van der Waals surface area contributed by atoms with Gasteiger partial charge in [0.1, 0.15) is 6.54 Å². The fraction of sp³-hybridized carbons (Fsp3) is 0.353. The van der Waals surface area contributed by atoms with Crippen LogP contribution in [0.4, 0.5) is 0 Å². The average Bonchev–Trinajstić information content (AvgIpc) is 3.25. The molecule has 0 atom stereocenters. The molecule has 3 aromatic rings. The normalized spacial score (nSPS) is 16.1. The lowest BCUT2D eigenvalue weighted by Crippen LogP contribution is -2.41. The number of fused-ring (bicyclic) bond motifs is 1. The highest BCUT2D eigenvalue weighted by molar-refractivity contribution is 5.83. The minimum absolute atomic E-state index is 0.179. The SMILES string of the molecule is O=C(Cn1ccc2ccccc21)N1CCC(n2nccn2)CC1. The number of carbonyl (C=O) groups is 1. The van der Waals surface area contributed by atoms with E-state index in [1.807, 2.05) is 27.8 Å². The zero-order valence-electron chi connectivity index (χ0n) is 12.9. The number of para-hydroxylation sites is 1. The Balaban J connectivity index is 1.40. The van der Waals surface area contributed by atoms with Gasteiger partial charge in [0.05, 0.1) is 18.4 Å². The van der Waals surface area contributed by atoms with Crippen LogP contribution in [0.3, 0.4) is 0 Å². The van der Waals surface area contributed by atoms with Crippen molar-refractivity contribution in [3.05, 3.63) is 48.9 Å². The maximum Gasteiger partial charge on any atom is 0.242 e. The summed E-state index contributed by atoms with van der Waals surface area (Å²) in [4.78, 5) is 16.3. The van der Waals surface area contributed by atoms with Crippen LogP contribution >= 0.6 is 0 Å². The fourth-order valence-corrected chi connectivity index (χ4v) is 3.29. The lowest BCUT2D eigenvalue weighted by atomic mass is 10.1. The summed E-state index contributed by atoms with van der Waals surface area (Å²) in [6.45, 7) is 1.94. The molecule has 1 aliphatic rings. The Labute approximate surface area is 134 Å². The number of hydrogen-bond donors (Lipinski definition) is 0. The molecule has 0 aliphatic carbocycles. The highest BCUT2D eigenvalue weighted by Gasteiger charge is 2.24. The third kappa shape index (κ3) is 2.72. The Bertz CT molecular complexity index is 799. The zero-order valence-corrected chi connectivity index (χ0v) is 12.9. The van der Waals surface area contributed by atoms with Crippen molar-refractivity contribution in [3.63, 3.8) is 0 Å². The molecule has 1 aliphatic heterocycles. The van der Waals surface area contributed by atoms with Crippen molar-refractivity contribution >= 4 is 16.8 Å². The Morgan fingerprint density at radius 3 is 2.61 bits per heavy atom. The molecular formula is C17H19N5O. The van der Waals surface area contributed by atoms with E-state index < -0.39 is 0 Å². The van der Waals surface area contributed by atoms with E-state index in [2.05, 4.69) is 28.4 Å². The molecule has 0 bridgehead atoms. The summed E-state index contributed by atoms with van der Waals surface area (Å²) in [5.41, 5.74) is 1.11. The van der Waals surface area contributed by atoms with Gasteiger partial charge in [-0.3, -0.25) is 4.79 Å². The van der Waals surface area contributed by atoms with Gasteiger partial charge >= 0.3 is 0 Å². The molecule has 1 fully saturated rings. The second-order valence-electron chi connectivity index (χ2n) is 5.96. The predicted molar refractivity (Wildman–Crippen MR) is 86.8 cm³/mol. The van der Waals surface area contributed by atoms with Crippen LogP contribution in [-0.2, 0) is 11.3 Å². The van der Waals surface area contributed by atoms with Crippen molar-refractivity contribution in [2.45, 2.75) is 25.4 Å². The molecule has 23 heavy (non-hydrogen) atoms. The number of piperidine rings is 1. The molecule has 0 unspecified atom stereocenters. The van der Waals surface area contributed by atoms with Gasteiger partial charge in [0.15, 0.2) is 0 Å². The predicted octanol–water partition coefficient (Wildman–Crippen LogP) is 2.10. The Morgan fingerprint density at radius 1 is 1.09 bits per heavy atom. The maximum atomic E-state index is 12.6. The summed E-state index contributed by atoms with van der Waals surface area (Å²) in [5, 5.41) is 9.58. The van der Waals surface area contributed by atoms with E-state index in [0.29, 0.717) is 12.6 Å². The lowest BCUT2D eigenvalue weighted by molar-refractivity contribution is -0.133. The topological polar surface area (TPSA) is 56.0 Å². The molecule has 1 saturated heterocycles. The van der Waals surface area contributed by atoms with E-state index >= 15 is 0 Å². The Morgan fingerprint density at radius 2 is 1.83 bits per heavy atom. The van der Waals surface area contributed by atoms with Crippen LogP contribution in [0.25, 0.3) is 10.9 Å². The van der Waals surface area contributed by atoms with Crippen molar-refractivity contribution in [2.75, 3.05) is 13.1 Å². The zero-order chi connectivity index (χ0) is 15.6. The summed E-state index contributed by atoms with van der Waals surface area (Å²) in [6, 6.07) is 10.5. The summed E-state index contributed by atoms with van der Waals surface area (Å²) in [5.74, 6) is 0.179. The molecule has 0 radical (unpaired) electrons. The molecule has 6 heteroatoms. The largest absolute Gasteiger partial charge is 0.341 e. The van der Waals surface area contributed by atoms with Crippen LogP contribution in [0.1, 0.15) is 18.9 Å². The Hall–Kier alpha value is -2.63. The Kier molecular flexibility index (Phi) is 3.57. The molecule has 0 N–H and O–H groups in total. The second-order valence-corrected chi connectivity index (χ2v) is 5.96. The number of nitrogens with zero attached hydrogens (tertiary/aromatic N) is 5. The van der Waals surface area contributed by atoms with E-state index in [9.17, 15) is 4.79 Å². The third-order valence-electron chi connectivity index (χ3n) is 4.57. The molecule has 1 amide bonds. The van der Waals surface area contributed by atoms with Gasteiger partial charge in [-0.05, 0) is 30.4 Å². The number of carbonyl (C=O) groups excluding carboxylic acids is 1. The number of aromatic nitrogens is 4. The minimum Gasteiger partial charge on any atom is -0.341 e. The number of hydrogen-bond acceptors (Lipinski definition) is 3. The van der Waals surface area contributed by atoms with Gasteiger partial charge in [-0.1, -0.05) is 18.2 Å². The molecule has 0 saturated carbocycles. The van der Waals surface area contributed by atoms with Crippen molar-refractivity contribution in [3.8, 4) is 0 Å². The van der Waals surface area contributed by atoms with Gasteiger partial charge in [-0.15, -0.1) is 0 Å². The molecular weight excluding hydrogens is 290 g/mol. The molecule has 118 valence electrons. The quantitative estimate of drug-likeness (QED) is 0.744. The smallest absolute Gasteiger partial charge is 0.242 e. The van der Waals surface area contributed by atoms with E-state index in [1.54, 1.807) is 17.2 Å². The van der Waals surface area contributed by atoms with Crippen LogP contribution in [0, 0.1) is 0 Å². The molecule has 0 spiro atoms. The van der Waals surface area contributed by atoms with Crippen LogP contribution in [0.2, 0.25) is 0 Å². The van der Waals surface area contributed by atoms with E-state index in [1.165, 1.54) is 5.39 Å². The summed E-state index contributed by atoms with van der Waals surface area (Å²) < 4.78 is 2.03. The summed E-state index contributed by atoms with van der Waals surface area (Å²) in [6.07, 6.45) is 7.21. The lowest BCUT2D eigenvalue weighted by Gasteiger charge is -2.31. The number of likely N-dealkylation sites (tertiary alicyclic amines) is 1. The standard InChI is InChI=1S/C17H19N5O/c23-17(13-21-10-5-14-3-1-2-4-16(14)21)20-11-6-15(7-12-20)22-18-8-9-19-22/h1-5,8-10,15H,6-7,11-13H2. The summed E-state index contributed by atoms with van der Waals surface area (Å²) >= 11 is 0. The monoisotopic (exact) mass is 309 g/mol. The number of rotatable bonds is 3.